The van der Waals surface area contributed by atoms with Crippen LogP contribution in [0.15, 0.2) is 34.9 Å². The van der Waals surface area contributed by atoms with Crippen molar-refractivity contribution in [1.29, 1.82) is 0 Å². The summed E-state index contributed by atoms with van der Waals surface area (Å²) < 4.78 is 30.2. The Morgan fingerprint density at radius 3 is 2.00 bits per heavy atom. The Kier molecular flexibility index (Phi) is 10.8. The van der Waals surface area contributed by atoms with Crippen molar-refractivity contribution < 1.29 is 13.0 Å². The third kappa shape index (κ3) is 14.4. The lowest BCUT2D eigenvalue weighted by Gasteiger charge is -2.06. The predicted molar refractivity (Wildman–Crippen MR) is 99.2 cm³/mol. The minimum Gasteiger partial charge on any atom is -0.286 e. The second-order valence-corrected chi connectivity index (χ2v) is 8.33. The third-order valence-corrected chi connectivity index (χ3v) is 4.73. The smallest absolute Gasteiger partial charge is 0.265 e. The number of hydrogen-bond acceptors (Lipinski definition) is 3. The first-order valence-electron chi connectivity index (χ1n) is 7.68. The highest BCUT2D eigenvalue weighted by atomic mass is 32.2. The maximum absolute atomic E-state index is 10.7. The molecule has 0 amide bonds. The van der Waals surface area contributed by atoms with E-state index in [0.717, 1.165) is 25.7 Å². The molecule has 1 N–H and O–H groups in total. The van der Waals surface area contributed by atoms with Gasteiger partial charge in [0.1, 0.15) is 0 Å². The van der Waals surface area contributed by atoms with Gasteiger partial charge in [0.2, 0.25) is 0 Å². The van der Waals surface area contributed by atoms with E-state index in [1.165, 1.54) is 16.7 Å². The summed E-state index contributed by atoms with van der Waals surface area (Å²) in [6.07, 6.45) is 11.2. The van der Waals surface area contributed by atoms with Crippen molar-refractivity contribution in [2.45, 2.75) is 65.0 Å². The van der Waals surface area contributed by atoms with Gasteiger partial charge in [-0.15, -0.1) is 0 Å². The summed E-state index contributed by atoms with van der Waals surface area (Å²) >= 11 is 4.18. The molecule has 0 aliphatic heterocycles. The first-order chi connectivity index (χ1) is 10.1. The second-order valence-electron chi connectivity index (χ2n) is 6.10. The van der Waals surface area contributed by atoms with E-state index in [9.17, 15) is 8.42 Å². The van der Waals surface area contributed by atoms with Crippen LogP contribution in [-0.4, -0.2) is 24.0 Å². The molecule has 0 aromatic rings. The van der Waals surface area contributed by atoms with Crippen molar-refractivity contribution in [2.75, 3.05) is 5.75 Å². The van der Waals surface area contributed by atoms with Crippen LogP contribution in [0.3, 0.4) is 0 Å². The zero-order valence-corrected chi connectivity index (χ0v) is 15.9. The minimum absolute atomic E-state index is 0.302. The summed E-state index contributed by atoms with van der Waals surface area (Å²) in [5.74, 6) is -0.302. The first kappa shape index (κ1) is 21.5. The maximum Gasteiger partial charge on any atom is 0.265 e. The summed E-state index contributed by atoms with van der Waals surface area (Å²) in [7, 11) is -3.93. The molecule has 1 atom stereocenters. The zero-order valence-electron chi connectivity index (χ0n) is 14.2. The summed E-state index contributed by atoms with van der Waals surface area (Å²) in [4.78, 5) is 0. The maximum atomic E-state index is 10.7. The van der Waals surface area contributed by atoms with E-state index in [0.29, 0.717) is 6.42 Å². The lowest BCUT2D eigenvalue weighted by molar-refractivity contribution is 0.482. The summed E-state index contributed by atoms with van der Waals surface area (Å²) in [5, 5.41) is -0.355. The molecular formula is C17H30O3S2. The molecule has 0 saturated carbocycles. The molecule has 0 rings (SSSR count). The van der Waals surface area contributed by atoms with Gasteiger partial charge in [0.15, 0.2) is 0 Å². The van der Waals surface area contributed by atoms with Crippen LogP contribution in [0.2, 0.25) is 0 Å². The Labute approximate surface area is 141 Å². The average Bonchev–Trinajstić information content (AvgIpc) is 2.34. The van der Waals surface area contributed by atoms with Crippen LogP contribution in [0.1, 0.15) is 59.8 Å². The van der Waals surface area contributed by atoms with Gasteiger partial charge in [-0.1, -0.05) is 34.9 Å². The normalized spacial score (nSPS) is 14.8. The Bertz CT molecular complexity index is 510. The molecule has 0 radical (unpaired) electrons. The molecule has 0 aromatic heterocycles. The molecular weight excluding hydrogens is 316 g/mol. The Balaban J connectivity index is 4.08. The van der Waals surface area contributed by atoms with E-state index in [2.05, 4.69) is 45.6 Å². The van der Waals surface area contributed by atoms with E-state index < -0.39 is 10.1 Å². The SMILES string of the molecule is CC(C)=CCCC(C)=CCCC(C)=CCC(S)CS(=O)(=O)O. The molecule has 0 heterocycles. The Morgan fingerprint density at radius 2 is 1.50 bits per heavy atom. The molecule has 3 nitrogen and oxygen atoms in total. The average molecular weight is 347 g/mol. The number of allylic oxidation sites excluding steroid dienone is 6. The van der Waals surface area contributed by atoms with Gasteiger partial charge in [-0.2, -0.15) is 21.0 Å². The molecule has 0 saturated heterocycles. The van der Waals surface area contributed by atoms with Crippen LogP contribution in [0, 0.1) is 0 Å². The lowest BCUT2D eigenvalue weighted by Crippen LogP contribution is -2.14. The zero-order chi connectivity index (χ0) is 17.2. The highest BCUT2D eigenvalue weighted by Gasteiger charge is 2.11. The van der Waals surface area contributed by atoms with Gasteiger partial charge in [-0.25, -0.2) is 0 Å². The fraction of sp³-hybridized carbons (Fsp3) is 0.647. The standard InChI is InChI=1S/C17H30O3S2/c1-14(2)7-5-8-15(3)9-6-10-16(4)11-12-17(21)13-22(18,19)20/h7,9,11,17,21H,5-6,8,10,12-13H2,1-4H3,(H,18,19,20). The highest BCUT2D eigenvalue weighted by molar-refractivity contribution is 7.88. The van der Waals surface area contributed by atoms with E-state index >= 15 is 0 Å². The monoisotopic (exact) mass is 346 g/mol. The third-order valence-electron chi connectivity index (χ3n) is 3.26. The van der Waals surface area contributed by atoms with Crippen LogP contribution in [0.25, 0.3) is 0 Å². The number of thiol groups is 1. The summed E-state index contributed by atoms with van der Waals surface area (Å²) in [6, 6.07) is 0. The van der Waals surface area contributed by atoms with Crippen molar-refractivity contribution in [3.8, 4) is 0 Å². The van der Waals surface area contributed by atoms with Crippen molar-refractivity contribution in [2.24, 2.45) is 0 Å². The van der Waals surface area contributed by atoms with E-state index in [4.69, 9.17) is 4.55 Å². The topological polar surface area (TPSA) is 54.4 Å². The van der Waals surface area contributed by atoms with Crippen LogP contribution in [0.5, 0.6) is 0 Å². The quantitative estimate of drug-likeness (QED) is 0.333. The molecule has 1 unspecified atom stereocenters. The van der Waals surface area contributed by atoms with Crippen LogP contribution in [-0.2, 0) is 10.1 Å². The summed E-state index contributed by atoms with van der Waals surface area (Å²) in [5.41, 5.74) is 3.99. The van der Waals surface area contributed by atoms with Crippen molar-refractivity contribution in [1.82, 2.24) is 0 Å². The fourth-order valence-electron chi connectivity index (χ4n) is 1.99. The Hall–Kier alpha value is -0.520. The van der Waals surface area contributed by atoms with Gasteiger partial charge in [0.25, 0.3) is 10.1 Å². The molecule has 0 aromatic carbocycles. The molecule has 0 bridgehead atoms. The lowest BCUT2D eigenvalue weighted by atomic mass is 10.1. The molecule has 128 valence electrons. The molecule has 5 heteroatoms. The van der Waals surface area contributed by atoms with Crippen molar-refractivity contribution in [3.63, 3.8) is 0 Å². The van der Waals surface area contributed by atoms with Gasteiger partial charge in [0, 0.05) is 5.25 Å². The molecule has 0 aliphatic rings. The van der Waals surface area contributed by atoms with Crippen molar-refractivity contribution in [3.05, 3.63) is 34.9 Å². The van der Waals surface area contributed by atoms with Crippen molar-refractivity contribution >= 4 is 22.7 Å². The van der Waals surface area contributed by atoms with Gasteiger partial charge >= 0.3 is 0 Å². The minimum atomic E-state index is -3.93. The molecule has 0 fully saturated rings. The van der Waals surface area contributed by atoms with E-state index in [-0.39, 0.29) is 11.0 Å². The molecule has 0 spiro atoms. The second kappa shape index (κ2) is 11.1. The Morgan fingerprint density at radius 1 is 1.00 bits per heavy atom. The summed E-state index contributed by atoms with van der Waals surface area (Å²) in [6.45, 7) is 8.43. The number of rotatable bonds is 10. The highest BCUT2D eigenvalue weighted by Crippen LogP contribution is 2.13. The largest absolute Gasteiger partial charge is 0.286 e. The van der Waals surface area contributed by atoms with E-state index in [1.54, 1.807) is 0 Å². The van der Waals surface area contributed by atoms with Gasteiger partial charge < -0.3 is 0 Å². The van der Waals surface area contributed by atoms with Gasteiger partial charge in [-0.3, -0.25) is 4.55 Å². The van der Waals surface area contributed by atoms with Crippen LogP contribution < -0.4 is 0 Å². The predicted octanol–water partition coefficient (Wildman–Crippen LogP) is 4.98. The van der Waals surface area contributed by atoms with Gasteiger partial charge in [-0.05, 0) is 59.8 Å². The van der Waals surface area contributed by atoms with Crippen LogP contribution >= 0.6 is 12.6 Å². The van der Waals surface area contributed by atoms with E-state index in [1.807, 2.05) is 13.0 Å². The van der Waals surface area contributed by atoms with Crippen LogP contribution in [0.4, 0.5) is 0 Å². The molecule has 0 aliphatic carbocycles. The number of hydrogen-bond donors (Lipinski definition) is 2. The first-order valence-corrected chi connectivity index (χ1v) is 9.80. The van der Waals surface area contributed by atoms with Gasteiger partial charge in [0.05, 0.1) is 5.75 Å². The molecule has 22 heavy (non-hydrogen) atoms. The fourth-order valence-corrected chi connectivity index (χ4v) is 3.28.